The van der Waals surface area contributed by atoms with Gasteiger partial charge < -0.3 is 20.1 Å². The van der Waals surface area contributed by atoms with Crippen LogP contribution in [0.2, 0.25) is 0 Å². The van der Waals surface area contributed by atoms with Gasteiger partial charge in [-0.2, -0.15) is 0 Å². The molecule has 0 fully saturated rings. The topological polar surface area (TPSA) is 42.5 Å². The molecule has 0 unspecified atom stereocenters. The van der Waals surface area contributed by atoms with Crippen molar-refractivity contribution in [3.8, 4) is 11.5 Å². The molecule has 2 rings (SSSR count). The molecule has 0 radical (unpaired) electrons. The predicted octanol–water partition coefficient (Wildman–Crippen LogP) is 3.80. The summed E-state index contributed by atoms with van der Waals surface area (Å²) in [5.74, 6) is 1.59. The minimum atomic E-state index is 0.158. The highest BCUT2D eigenvalue weighted by Crippen LogP contribution is 2.22. The van der Waals surface area contributed by atoms with E-state index in [0.717, 1.165) is 17.2 Å². The summed E-state index contributed by atoms with van der Waals surface area (Å²) in [5, 5.41) is 6.85. The first-order chi connectivity index (χ1) is 10.7. The Kier molecular flexibility index (Phi) is 6.18. The Morgan fingerprint density at radius 2 is 1.68 bits per heavy atom. The molecule has 0 aliphatic rings. The van der Waals surface area contributed by atoms with Gasteiger partial charge in [-0.1, -0.05) is 18.2 Å². The third-order valence-electron chi connectivity index (χ3n) is 2.89. The quantitative estimate of drug-likeness (QED) is 0.794. The van der Waals surface area contributed by atoms with Crippen LogP contribution >= 0.6 is 12.2 Å². The molecule has 0 saturated heterocycles. The van der Waals surface area contributed by atoms with E-state index in [9.17, 15) is 0 Å². The summed E-state index contributed by atoms with van der Waals surface area (Å²) >= 11 is 5.26. The van der Waals surface area contributed by atoms with Gasteiger partial charge in [0.15, 0.2) is 5.11 Å². The van der Waals surface area contributed by atoms with E-state index in [1.807, 2.05) is 61.5 Å². The van der Waals surface area contributed by atoms with Crippen LogP contribution in [0.5, 0.6) is 11.5 Å². The van der Waals surface area contributed by atoms with Gasteiger partial charge >= 0.3 is 0 Å². The van der Waals surface area contributed by atoms with E-state index >= 15 is 0 Å². The van der Waals surface area contributed by atoms with Crippen molar-refractivity contribution < 1.29 is 9.47 Å². The summed E-state index contributed by atoms with van der Waals surface area (Å²) in [7, 11) is 1.67. The van der Waals surface area contributed by atoms with Crippen LogP contribution in [0.4, 0.5) is 5.69 Å². The first-order valence-corrected chi connectivity index (χ1v) is 7.47. The Bertz CT molecular complexity index is 587. The fourth-order valence-corrected chi connectivity index (χ4v) is 2.23. The summed E-state index contributed by atoms with van der Waals surface area (Å²) in [4.78, 5) is 0. The number of para-hydroxylation sites is 1. The van der Waals surface area contributed by atoms with Gasteiger partial charge in [0.2, 0.25) is 0 Å². The molecule has 22 heavy (non-hydrogen) atoms. The largest absolute Gasteiger partial charge is 0.457 e. The van der Waals surface area contributed by atoms with E-state index in [1.54, 1.807) is 7.11 Å². The Morgan fingerprint density at radius 3 is 2.32 bits per heavy atom. The van der Waals surface area contributed by atoms with Crippen molar-refractivity contribution in [2.24, 2.45) is 0 Å². The average Bonchev–Trinajstić information content (AvgIpc) is 2.50. The second kappa shape index (κ2) is 8.36. The van der Waals surface area contributed by atoms with Crippen LogP contribution in [-0.4, -0.2) is 24.9 Å². The third kappa shape index (κ3) is 5.35. The number of hydrogen-bond donors (Lipinski definition) is 2. The molecular weight excluding hydrogens is 296 g/mol. The lowest BCUT2D eigenvalue weighted by Gasteiger charge is -2.16. The molecule has 0 saturated carbocycles. The zero-order valence-electron chi connectivity index (χ0n) is 12.7. The number of nitrogens with one attached hydrogen (secondary N) is 2. The Balaban J connectivity index is 1.88. The molecule has 0 spiro atoms. The first-order valence-electron chi connectivity index (χ1n) is 7.07. The second-order valence-electron chi connectivity index (χ2n) is 4.89. The standard InChI is InChI=1S/C17H20N2O2S/c1-13(12-20-2)18-17(22)19-14-8-10-16(11-9-14)21-15-6-4-3-5-7-15/h3-11,13H,12H2,1-2H3,(H2,18,19,22)/t13-/m1/s1. The van der Waals surface area contributed by atoms with Gasteiger partial charge in [0.25, 0.3) is 0 Å². The molecule has 0 aliphatic heterocycles. The monoisotopic (exact) mass is 316 g/mol. The molecule has 2 aromatic rings. The van der Waals surface area contributed by atoms with Crippen molar-refractivity contribution in [2.45, 2.75) is 13.0 Å². The normalized spacial score (nSPS) is 11.5. The van der Waals surface area contributed by atoms with Gasteiger partial charge in [-0.3, -0.25) is 0 Å². The molecule has 116 valence electrons. The van der Waals surface area contributed by atoms with E-state index in [-0.39, 0.29) is 6.04 Å². The maximum Gasteiger partial charge on any atom is 0.171 e. The molecule has 2 aromatic carbocycles. The number of thiocarbonyl (C=S) groups is 1. The lowest BCUT2D eigenvalue weighted by Crippen LogP contribution is -2.38. The van der Waals surface area contributed by atoms with E-state index < -0.39 is 0 Å². The van der Waals surface area contributed by atoms with Crippen LogP contribution in [0, 0.1) is 0 Å². The molecule has 4 nitrogen and oxygen atoms in total. The summed E-state index contributed by atoms with van der Waals surface area (Å²) < 4.78 is 10.8. The van der Waals surface area contributed by atoms with Gasteiger partial charge in [0.05, 0.1) is 6.61 Å². The fourth-order valence-electron chi connectivity index (χ4n) is 1.91. The van der Waals surface area contributed by atoms with E-state index in [0.29, 0.717) is 11.7 Å². The summed E-state index contributed by atoms with van der Waals surface area (Å²) in [6.45, 7) is 2.61. The zero-order valence-corrected chi connectivity index (χ0v) is 13.5. The maximum absolute atomic E-state index is 5.74. The van der Waals surface area contributed by atoms with Gasteiger partial charge in [-0.25, -0.2) is 0 Å². The number of anilines is 1. The minimum absolute atomic E-state index is 0.158. The van der Waals surface area contributed by atoms with Crippen LogP contribution in [-0.2, 0) is 4.74 Å². The van der Waals surface area contributed by atoms with Crippen LogP contribution in [0.15, 0.2) is 54.6 Å². The second-order valence-corrected chi connectivity index (χ2v) is 5.30. The molecule has 0 amide bonds. The first kappa shape index (κ1) is 16.3. The summed E-state index contributed by atoms with van der Waals surface area (Å²) in [6, 6.07) is 17.5. The predicted molar refractivity (Wildman–Crippen MR) is 93.7 cm³/mol. The highest BCUT2D eigenvalue weighted by atomic mass is 32.1. The lowest BCUT2D eigenvalue weighted by molar-refractivity contribution is 0.179. The van der Waals surface area contributed by atoms with Crippen LogP contribution in [0.3, 0.4) is 0 Å². The van der Waals surface area contributed by atoms with Crippen molar-refractivity contribution in [3.05, 3.63) is 54.6 Å². The van der Waals surface area contributed by atoms with Crippen molar-refractivity contribution in [3.63, 3.8) is 0 Å². The van der Waals surface area contributed by atoms with Crippen molar-refractivity contribution in [1.29, 1.82) is 0 Å². The van der Waals surface area contributed by atoms with Crippen molar-refractivity contribution in [1.82, 2.24) is 5.32 Å². The maximum atomic E-state index is 5.74. The molecule has 0 aliphatic carbocycles. The highest BCUT2D eigenvalue weighted by molar-refractivity contribution is 7.80. The smallest absolute Gasteiger partial charge is 0.171 e. The fraction of sp³-hybridized carbons (Fsp3) is 0.235. The molecule has 0 heterocycles. The number of benzene rings is 2. The van der Waals surface area contributed by atoms with Crippen LogP contribution in [0.25, 0.3) is 0 Å². The SMILES string of the molecule is COC[C@@H](C)NC(=S)Nc1ccc(Oc2ccccc2)cc1. The minimum Gasteiger partial charge on any atom is -0.457 e. The third-order valence-corrected chi connectivity index (χ3v) is 3.11. The van der Waals surface area contributed by atoms with Gasteiger partial charge in [-0.15, -0.1) is 0 Å². The summed E-state index contributed by atoms with van der Waals surface area (Å²) in [5.41, 5.74) is 0.905. The summed E-state index contributed by atoms with van der Waals surface area (Å²) in [6.07, 6.45) is 0. The van der Waals surface area contributed by atoms with E-state index in [4.69, 9.17) is 21.7 Å². The van der Waals surface area contributed by atoms with E-state index in [2.05, 4.69) is 10.6 Å². The molecule has 0 aromatic heterocycles. The lowest BCUT2D eigenvalue weighted by atomic mass is 10.3. The average molecular weight is 316 g/mol. The molecule has 0 bridgehead atoms. The number of ether oxygens (including phenoxy) is 2. The van der Waals surface area contributed by atoms with Crippen molar-refractivity contribution >= 4 is 23.0 Å². The number of rotatable bonds is 6. The molecule has 1 atom stereocenters. The Labute approximate surface area is 136 Å². The molecule has 5 heteroatoms. The van der Waals surface area contributed by atoms with Crippen LogP contribution in [0.1, 0.15) is 6.92 Å². The number of hydrogen-bond acceptors (Lipinski definition) is 3. The zero-order chi connectivity index (χ0) is 15.8. The van der Waals surface area contributed by atoms with Gasteiger partial charge in [-0.05, 0) is 55.5 Å². The van der Waals surface area contributed by atoms with E-state index in [1.165, 1.54) is 0 Å². The Hall–Kier alpha value is -2.11. The van der Waals surface area contributed by atoms with Crippen molar-refractivity contribution in [2.75, 3.05) is 19.0 Å². The van der Waals surface area contributed by atoms with Gasteiger partial charge in [0, 0.05) is 18.8 Å². The Morgan fingerprint density at radius 1 is 1.05 bits per heavy atom. The molecular formula is C17H20N2O2S. The molecule has 2 N–H and O–H groups in total. The highest BCUT2D eigenvalue weighted by Gasteiger charge is 2.04. The number of methoxy groups -OCH3 is 1. The van der Waals surface area contributed by atoms with Gasteiger partial charge in [0.1, 0.15) is 11.5 Å². The van der Waals surface area contributed by atoms with Crippen LogP contribution < -0.4 is 15.4 Å².